The zero-order valence-corrected chi connectivity index (χ0v) is 19.0. The number of aromatic nitrogens is 1. The molecule has 1 aliphatic rings. The van der Waals surface area contributed by atoms with Gasteiger partial charge in [0, 0.05) is 13.1 Å². The number of hydrogen-bond donors (Lipinski definition) is 1. The predicted molar refractivity (Wildman–Crippen MR) is 118 cm³/mol. The Bertz CT molecular complexity index is 1240. The number of carbonyl (C=O) groups excluding carboxylic acids is 1. The standard InChI is InChI=1S/C19H17Cl2N3O4S2/c1-11-2-3-15-16(8-11)29-19(22-15)23-18(25)12-9-17(14(21)10-13(12)20)30(26,27)24-4-6-28-7-5-24/h2-3,8-10H,4-7H2,1H3,(H,22,23,25). The quantitative estimate of drug-likeness (QED) is 0.598. The van der Waals surface area contributed by atoms with Crippen molar-refractivity contribution in [3.8, 4) is 0 Å². The summed E-state index contributed by atoms with van der Waals surface area (Å²) in [5.74, 6) is -0.564. The molecule has 1 N–H and O–H groups in total. The van der Waals surface area contributed by atoms with Crippen molar-refractivity contribution < 1.29 is 17.9 Å². The fourth-order valence-corrected chi connectivity index (χ4v) is 6.28. The number of fused-ring (bicyclic) bond motifs is 1. The lowest BCUT2D eigenvalue weighted by atomic mass is 10.2. The lowest BCUT2D eigenvalue weighted by Gasteiger charge is -2.26. The van der Waals surface area contributed by atoms with Crippen molar-refractivity contribution in [2.45, 2.75) is 11.8 Å². The molecule has 0 saturated carbocycles. The number of anilines is 1. The molecule has 1 aliphatic heterocycles. The van der Waals surface area contributed by atoms with E-state index in [9.17, 15) is 13.2 Å². The Kier molecular flexibility index (Phi) is 6.02. The first kappa shape index (κ1) is 21.5. The van der Waals surface area contributed by atoms with Crippen LogP contribution in [0, 0.1) is 6.92 Å². The first-order valence-electron chi connectivity index (χ1n) is 9.01. The Morgan fingerprint density at radius 3 is 2.63 bits per heavy atom. The average Bonchev–Trinajstić information content (AvgIpc) is 3.09. The molecule has 30 heavy (non-hydrogen) atoms. The van der Waals surface area contributed by atoms with Crippen LogP contribution in [0.3, 0.4) is 0 Å². The van der Waals surface area contributed by atoms with E-state index >= 15 is 0 Å². The van der Waals surface area contributed by atoms with Gasteiger partial charge < -0.3 is 4.74 Å². The summed E-state index contributed by atoms with van der Waals surface area (Å²) in [6.07, 6.45) is 0. The summed E-state index contributed by atoms with van der Waals surface area (Å²) < 4.78 is 33.4. The van der Waals surface area contributed by atoms with E-state index in [0.29, 0.717) is 18.3 Å². The molecule has 11 heteroatoms. The van der Waals surface area contributed by atoms with Crippen LogP contribution in [-0.4, -0.2) is 49.9 Å². The molecule has 7 nitrogen and oxygen atoms in total. The van der Waals surface area contributed by atoms with Gasteiger partial charge in [0.15, 0.2) is 5.13 Å². The van der Waals surface area contributed by atoms with Crippen molar-refractivity contribution >= 4 is 65.8 Å². The highest BCUT2D eigenvalue weighted by Crippen LogP contribution is 2.32. The summed E-state index contributed by atoms with van der Waals surface area (Å²) >= 11 is 13.7. The number of carbonyl (C=O) groups is 1. The largest absolute Gasteiger partial charge is 0.379 e. The number of nitrogens with one attached hydrogen (secondary N) is 1. The molecular weight excluding hydrogens is 469 g/mol. The van der Waals surface area contributed by atoms with E-state index in [2.05, 4.69) is 10.3 Å². The van der Waals surface area contributed by atoms with Crippen LogP contribution in [0.5, 0.6) is 0 Å². The van der Waals surface area contributed by atoms with E-state index in [1.807, 2.05) is 25.1 Å². The number of sulfonamides is 1. The number of morpholine rings is 1. The third-order valence-electron chi connectivity index (χ3n) is 4.62. The summed E-state index contributed by atoms with van der Waals surface area (Å²) in [5.41, 5.74) is 1.85. The Balaban J connectivity index is 1.66. The minimum absolute atomic E-state index is 0.00309. The van der Waals surface area contributed by atoms with Gasteiger partial charge in [-0.2, -0.15) is 4.31 Å². The normalized spacial score (nSPS) is 15.4. The predicted octanol–water partition coefficient (Wildman–Crippen LogP) is 4.18. The molecule has 1 aromatic heterocycles. The minimum atomic E-state index is -3.89. The van der Waals surface area contributed by atoms with Crippen LogP contribution in [0.2, 0.25) is 10.0 Å². The number of aryl methyl sites for hydroxylation is 1. The van der Waals surface area contributed by atoms with Gasteiger partial charge in [0.05, 0.1) is 39.0 Å². The highest BCUT2D eigenvalue weighted by atomic mass is 35.5. The number of halogens is 2. The van der Waals surface area contributed by atoms with Gasteiger partial charge in [-0.15, -0.1) is 0 Å². The lowest BCUT2D eigenvalue weighted by Crippen LogP contribution is -2.40. The number of ether oxygens (including phenoxy) is 1. The fraction of sp³-hybridized carbons (Fsp3) is 0.263. The van der Waals surface area contributed by atoms with Crippen LogP contribution in [0.1, 0.15) is 15.9 Å². The summed E-state index contributed by atoms with van der Waals surface area (Å²) in [7, 11) is -3.89. The summed E-state index contributed by atoms with van der Waals surface area (Å²) in [6.45, 7) is 3.01. The van der Waals surface area contributed by atoms with Crippen molar-refractivity contribution in [3.63, 3.8) is 0 Å². The van der Waals surface area contributed by atoms with Crippen LogP contribution in [0.25, 0.3) is 10.2 Å². The monoisotopic (exact) mass is 485 g/mol. The number of thiazole rings is 1. The minimum Gasteiger partial charge on any atom is -0.379 e. The van der Waals surface area contributed by atoms with Crippen molar-refractivity contribution in [2.24, 2.45) is 0 Å². The van der Waals surface area contributed by atoms with Crippen molar-refractivity contribution in [2.75, 3.05) is 31.6 Å². The molecule has 1 amide bonds. The zero-order chi connectivity index (χ0) is 21.5. The molecule has 2 aromatic carbocycles. The van der Waals surface area contributed by atoms with Crippen LogP contribution in [0.15, 0.2) is 35.2 Å². The maximum atomic E-state index is 13.0. The highest BCUT2D eigenvalue weighted by molar-refractivity contribution is 7.89. The summed E-state index contributed by atoms with van der Waals surface area (Å²) in [4.78, 5) is 17.1. The first-order valence-corrected chi connectivity index (χ1v) is 12.0. The Morgan fingerprint density at radius 2 is 1.90 bits per heavy atom. The molecule has 1 saturated heterocycles. The lowest BCUT2D eigenvalue weighted by molar-refractivity contribution is 0.0730. The Hall–Kier alpha value is -1.75. The molecule has 0 atom stereocenters. The van der Waals surface area contributed by atoms with E-state index in [1.165, 1.54) is 27.8 Å². The van der Waals surface area contributed by atoms with Gasteiger partial charge in [0.25, 0.3) is 5.91 Å². The van der Waals surface area contributed by atoms with E-state index in [0.717, 1.165) is 15.8 Å². The highest BCUT2D eigenvalue weighted by Gasteiger charge is 2.30. The number of rotatable bonds is 4. The third-order valence-corrected chi connectivity index (χ3v) is 8.23. The van der Waals surface area contributed by atoms with Crippen LogP contribution in [-0.2, 0) is 14.8 Å². The van der Waals surface area contributed by atoms with Crippen molar-refractivity contribution in [1.29, 1.82) is 0 Å². The molecule has 1 fully saturated rings. The Morgan fingerprint density at radius 1 is 1.17 bits per heavy atom. The number of nitrogens with zero attached hydrogens (tertiary/aromatic N) is 2. The van der Waals surface area contributed by atoms with Crippen LogP contribution >= 0.6 is 34.5 Å². The molecule has 2 heterocycles. The molecule has 158 valence electrons. The van der Waals surface area contributed by atoms with E-state index < -0.39 is 15.9 Å². The van der Waals surface area contributed by atoms with Gasteiger partial charge in [0.1, 0.15) is 4.90 Å². The maximum Gasteiger partial charge on any atom is 0.259 e. The topological polar surface area (TPSA) is 88.6 Å². The van der Waals surface area contributed by atoms with Crippen molar-refractivity contribution in [3.05, 3.63) is 51.5 Å². The van der Waals surface area contributed by atoms with Crippen LogP contribution < -0.4 is 5.32 Å². The van der Waals surface area contributed by atoms with Crippen LogP contribution in [0.4, 0.5) is 5.13 Å². The molecule has 0 bridgehead atoms. The molecule has 0 unspecified atom stereocenters. The third kappa shape index (κ3) is 4.18. The summed E-state index contributed by atoms with van der Waals surface area (Å²) in [6, 6.07) is 8.27. The SMILES string of the molecule is Cc1ccc2nc(NC(=O)c3cc(S(=O)(=O)N4CCOCC4)c(Cl)cc3Cl)sc2c1. The molecular formula is C19H17Cl2N3O4S2. The number of amides is 1. The molecule has 0 radical (unpaired) electrons. The second kappa shape index (κ2) is 8.41. The van der Waals surface area contributed by atoms with Gasteiger partial charge in [-0.3, -0.25) is 10.1 Å². The van der Waals surface area contributed by atoms with Gasteiger partial charge in [0.2, 0.25) is 10.0 Å². The fourth-order valence-electron chi connectivity index (χ4n) is 3.08. The number of benzene rings is 2. The molecule has 4 rings (SSSR count). The second-order valence-electron chi connectivity index (χ2n) is 6.72. The van der Waals surface area contributed by atoms with E-state index in [-0.39, 0.29) is 33.6 Å². The summed E-state index contributed by atoms with van der Waals surface area (Å²) in [5, 5.41) is 3.10. The smallest absolute Gasteiger partial charge is 0.259 e. The molecule has 0 spiro atoms. The molecule has 3 aromatic rings. The van der Waals surface area contributed by atoms with Gasteiger partial charge in [-0.1, -0.05) is 40.6 Å². The zero-order valence-electron chi connectivity index (χ0n) is 15.8. The number of hydrogen-bond acceptors (Lipinski definition) is 6. The average molecular weight is 486 g/mol. The second-order valence-corrected chi connectivity index (χ2v) is 10.5. The Labute approximate surface area is 187 Å². The van der Waals surface area contributed by atoms with Gasteiger partial charge >= 0.3 is 0 Å². The van der Waals surface area contributed by atoms with E-state index in [4.69, 9.17) is 27.9 Å². The van der Waals surface area contributed by atoms with E-state index in [1.54, 1.807) is 0 Å². The maximum absolute atomic E-state index is 13.0. The first-order chi connectivity index (χ1) is 14.3. The van der Waals surface area contributed by atoms with Gasteiger partial charge in [-0.25, -0.2) is 13.4 Å². The van der Waals surface area contributed by atoms with Gasteiger partial charge in [-0.05, 0) is 36.8 Å². The molecule has 0 aliphatic carbocycles. The van der Waals surface area contributed by atoms with Crippen molar-refractivity contribution in [1.82, 2.24) is 9.29 Å².